The van der Waals surface area contributed by atoms with Gasteiger partial charge in [-0.05, 0) is 17.4 Å². The Bertz CT molecular complexity index is 703. The number of imidazole rings is 1. The van der Waals surface area contributed by atoms with Crippen molar-refractivity contribution in [2.45, 2.75) is 32.8 Å². The first-order valence-corrected chi connectivity index (χ1v) is 7.41. The molecule has 5 heteroatoms. The lowest BCUT2D eigenvalue weighted by Crippen LogP contribution is -2.37. The van der Waals surface area contributed by atoms with Gasteiger partial charge < -0.3 is 14.9 Å². The first-order chi connectivity index (χ1) is 10.6. The summed E-state index contributed by atoms with van der Waals surface area (Å²) >= 11 is 0. The Balaban J connectivity index is 2.15. The number of nitrogens with zero attached hydrogens (tertiary/aromatic N) is 2. The van der Waals surface area contributed by atoms with Crippen LogP contribution in [0.15, 0.2) is 35.6 Å². The Morgan fingerprint density at radius 1 is 1.41 bits per heavy atom. The molecule has 0 amide bonds. The summed E-state index contributed by atoms with van der Waals surface area (Å²) in [5, 5.41) is 13.6. The maximum atomic E-state index is 9.28. The third-order valence-electron chi connectivity index (χ3n) is 4.28. The number of aromatic nitrogens is 2. The molecule has 1 aliphatic rings. The third kappa shape index (κ3) is 2.41. The number of fused-ring (bicyclic) bond motifs is 1. The highest BCUT2D eigenvalue weighted by atomic mass is 16.6. The molecule has 1 heterocycles. The maximum absolute atomic E-state index is 9.28. The molecule has 0 fully saturated rings. The van der Waals surface area contributed by atoms with Crippen molar-refractivity contribution < 1.29 is 9.94 Å². The molecule has 5 nitrogen and oxygen atoms in total. The van der Waals surface area contributed by atoms with E-state index >= 15 is 0 Å². The van der Waals surface area contributed by atoms with E-state index in [-0.39, 0.29) is 17.9 Å². The van der Waals surface area contributed by atoms with Crippen molar-refractivity contribution in [1.82, 2.24) is 9.97 Å². The van der Waals surface area contributed by atoms with Gasteiger partial charge in [-0.25, -0.2) is 4.98 Å². The number of aliphatic hydroxyl groups excluding tert-OH is 1. The molecule has 0 saturated carbocycles. The van der Waals surface area contributed by atoms with Crippen LogP contribution in [-0.4, -0.2) is 27.9 Å². The highest BCUT2D eigenvalue weighted by Gasteiger charge is 2.42. The first kappa shape index (κ1) is 14.8. The zero-order valence-electron chi connectivity index (χ0n) is 13.1. The molecule has 0 unspecified atom stereocenters. The van der Waals surface area contributed by atoms with E-state index in [0.29, 0.717) is 5.69 Å². The van der Waals surface area contributed by atoms with Crippen molar-refractivity contribution in [3.8, 4) is 0 Å². The van der Waals surface area contributed by atoms with E-state index in [1.54, 1.807) is 13.3 Å². The Morgan fingerprint density at radius 3 is 2.86 bits per heavy atom. The zero-order chi connectivity index (χ0) is 15.7. The summed E-state index contributed by atoms with van der Waals surface area (Å²) in [4.78, 5) is 12.8. The molecule has 2 N–H and O–H groups in total. The van der Waals surface area contributed by atoms with Gasteiger partial charge in [-0.2, -0.15) is 0 Å². The smallest absolute Gasteiger partial charge is 0.116 e. The van der Waals surface area contributed by atoms with Crippen LogP contribution in [0.4, 0.5) is 0 Å². The van der Waals surface area contributed by atoms with Gasteiger partial charge in [0.15, 0.2) is 0 Å². The van der Waals surface area contributed by atoms with Crippen LogP contribution in [0.25, 0.3) is 0 Å². The molecule has 22 heavy (non-hydrogen) atoms. The zero-order valence-corrected chi connectivity index (χ0v) is 13.1. The van der Waals surface area contributed by atoms with E-state index in [4.69, 9.17) is 4.84 Å². The molecule has 0 spiro atoms. The van der Waals surface area contributed by atoms with Crippen LogP contribution in [0.3, 0.4) is 0 Å². The Hall–Kier alpha value is -2.14. The van der Waals surface area contributed by atoms with Crippen LogP contribution >= 0.6 is 0 Å². The lowest BCUT2D eigenvalue weighted by atomic mass is 9.65. The molecular weight excluding hydrogens is 278 g/mol. The maximum Gasteiger partial charge on any atom is 0.116 e. The molecule has 1 atom stereocenters. The summed E-state index contributed by atoms with van der Waals surface area (Å²) in [5.41, 5.74) is 3.91. The Morgan fingerprint density at radius 2 is 2.18 bits per heavy atom. The standard InChI is InChI=1S/C17H21N3O2/c1-17(2)8-11-6-4-5-7-13(11)15(20-22-3)14(17)16-18-9-12(10-21)19-16/h4-7,9,14,21H,8,10H2,1-3H3,(H,18,19)/t14-/m0/s1. The minimum Gasteiger partial charge on any atom is -0.399 e. The molecule has 1 aromatic heterocycles. The predicted molar refractivity (Wildman–Crippen MR) is 84.7 cm³/mol. The fraction of sp³-hybridized carbons (Fsp3) is 0.412. The van der Waals surface area contributed by atoms with Gasteiger partial charge in [0.25, 0.3) is 0 Å². The van der Waals surface area contributed by atoms with E-state index < -0.39 is 0 Å². The third-order valence-corrected chi connectivity index (χ3v) is 4.28. The van der Waals surface area contributed by atoms with E-state index in [1.807, 2.05) is 6.07 Å². The summed E-state index contributed by atoms with van der Waals surface area (Å²) in [5.74, 6) is 0.807. The normalized spacial score (nSPS) is 21.6. The topological polar surface area (TPSA) is 70.5 Å². The summed E-state index contributed by atoms with van der Waals surface area (Å²) in [6.07, 6.45) is 2.61. The number of benzene rings is 1. The fourth-order valence-electron chi connectivity index (χ4n) is 3.35. The summed E-state index contributed by atoms with van der Waals surface area (Å²) in [6.45, 7) is 4.37. The minimum atomic E-state index is -0.0592. The van der Waals surface area contributed by atoms with E-state index in [2.05, 4.69) is 47.2 Å². The molecule has 0 bridgehead atoms. The van der Waals surface area contributed by atoms with Gasteiger partial charge in [-0.15, -0.1) is 0 Å². The number of aromatic amines is 1. The summed E-state index contributed by atoms with van der Waals surface area (Å²) in [6, 6.07) is 8.28. The summed E-state index contributed by atoms with van der Waals surface area (Å²) < 4.78 is 0. The van der Waals surface area contributed by atoms with Gasteiger partial charge in [0.05, 0.1) is 30.1 Å². The van der Waals surface area contributed by atoms with E-state index in [9.17, 15) is 5.11 Å². The van der Waals surface area contributed by atoms with Crippen molar-refractivity contribution in [3.63, 3.8) is 0 Å². The van der Waals surface area contributed by atoms with Gasteiger partial charge in [0.2, 0.25) is 0 Å². The number of oxime groups is 1. The molecular formula is C17H21N3O2. The van der Waals surface area contributed by atoms with Crippen LogP contribution < -0.4 is 0 Å². The van der Waals surface area contributed by atoms with Crippen molar-refractivity contribution >= 4 is 5.71 Å². The minimum absolute atomic E-state index is 0.0114. The first-order valence-electron chi connectivity index (χ1n) is 7.41. The van der Waals surface area contributed by atoms with Crippen LogP contribution in [-0.2, 0) is 17.9 Å². The SMILES string of the molecule is CON=C1c2ccccc2CC(C)(C)[C@@H]1c1ncc(CO)[nH]1. The molecule has 1 aromatic carbocycles. The van der Waals surface area contributed by atoms with E-state index in [1.165, 1.54) is 5.56 Å². The van der Waals surface area contributed by atoms with Gasteiger partial charge in [-0.3, -0.25) is 0 Å². The van der Waals surface area contributed by atoms with Crippen molar-refractivity contribution in [2.24, 2.45) is 10.6 Å². The number of hydrogen-bond donors (Lipinski definition) is 2. The lowest BCUT2D eigenvalue weighted by molar-refractivity contribution is 0.207. The van der Waals surface area contributed by atoms with Crippen molar-refractivity contribution in [1.29, 1.82) is 0 Å². The van der Waals surface area contributed by atoms with E-state index in [0.717, 1.165) is 23.5 Å². The number of hydrogen-bond acceptors (Lipinski definition) is 4. The van der Waals surface area contributed by atoms with Gasteiger partial charge in [-0.1, -0.05) is 43.3 Å². The quantitative estimate of drug-likeness (QED) is 0.856. The molecule has 0 radical (unpaired) electrons. The van der Waals surface area contributed by atoms with Gasteiger partial charge >= 0.3 is 0 Å². The Kier molecular flexibility index (Phi) is 3.74. The number of aliphatic hydroxyl groups is 1. The highest BCUT2D eigenvalue weighted by molar-refractivity contribution is 6.07. The average Bonchev–Trinajstić information content (AvgIpc) is 2.95. The molecule has 1 aliphatic carbocycles. The second-order valence-corrected chi connectivity index (χ2v) is 6.37. The van der Waals surface area contributed by atoms with Crippen LogP contribution in [0.5, 0.6) is 0 Å². The molecule has 0 saturated heterocycles. The van der Waals surface area contributed by atoms with Crippen molar-refractivity contribution in [3.05, 3.63) is 53.1 Å². The predicted octanol–water partition coefficient (Wildman–Crippen LogP) is 2.62. The molecule has 3 rings (SSSR count). The molecule has 0 aliphatic heterocycles. The van der Waals surface area contributed by atoms with Crippen LogP contribution in [0.1, 0.15) is 42.4 Å². The van der Waals surface area contributed by atoms with Crippen LogP contribution in [0, 0.1) is 5.41 Å². The van der Waals surface area contributed by atoms with Crippen molar-refractivity contribution in [2.75, 3.05) is 7.11 Å². The highest BCUT2D eigenvalue weighted by Crippen LogP contribution is 2.44. The Labute approximate surface area is 130 Å². The molecule has 2 aromatic rings. The second-order valence-electron chi connectivity index (χ2n) is 6.37. The molecule has 116 valence electrons. The fourth-order valence-corrected chi connectivity index (χ4v) is 3.35. The van der Waals surface area contributed by atoms with Crippen LogP contribution in [0.2, 0.25) is 0 Å². The largest absolute Gasteiger partial charge is 0.399 e. The summed E-state index contributed by atoms with van der Waals surface area (Å²) in [7, 11) is 1.57. The second kappa shape index (κ2) is 5.57. The van der Waals surface area contributed by atoms with Gasteiger partial charge in [0.1, 0.15) is 12.9 Å². The lowest BCUT2D eigenvalue weighted by Gasteiger charge is -2.39. The number of H-pyrrole nitrogens is 1. The van der Waals surface area contributed by atoms with Gasteiger partial charge in [0, 0.05) is 5.56 Å². The average molecular weight is 299 g/mol. The monoisotopic (exact) mass is 299 g/mol. The number of rotatable bonds is 3. The number of nitrogens with one attached hydrogen (secondary N) is 1.